The van der Waals surface area contributed by atoms with Crippen LogP contribution in [0.4, 0.5) is 0 Å². The normalized spacial score (nSPS) is 49.5. The Balaban J connectivity index is 1.57. The lowest BCUT2D eigenvalue weighted by atomic mass is 9.35. The molecule has 34 heavy (non-hydrogen) atoms. The molecule has 5 aliphatic carbocycles. The van der Waals surface area contributed by atoms with Crippen molar-refractivity contribution in [3.63, 3.8) is 0 Å². The van der Waals surface area contributed by atoms with Crippen molar-refractivity contribution in [1.82, 2.24) is 0 Å². The zero-order valence-corrected chi connectivity index (χ0v) is 23.1. The average molecular weight is 465 g/mol. The highest BCUT2D eigenvalue weighted by Crippen LogP contribution is 2.74. The van der Waals surface area contributed by atoms with Crippen molar-refractivity contribution in [2.45, 2.75) is 113 Å². The van der Waals surface area contributed by atoms with Crippen LogP contribution in [0.3, 0.4) is 0 Å². The van der Waals surface area contributed by atoms with Gasteiger partial charge in [0.1, 0.15) is 6.10 Å². The highest BCUT2D eigenvalue weighted by atomic mass is 16.5. The molecule has 0 amide bonds. The molecule has 8 unspecified atom stereocenters. The quantitative estimate of drug-likeness (QED) is 0.287. The summed E-state index contributed by atoms with van der Waals surface area (Å²) < 4.78 is 5.86. The second-order valence-corrected chi connectivity index (χ2v) is 14.4. The van der Waals surface area contributed by atoms with Gasteiger partial charge in [0.25, 0.3) is 0 Å². The van der Waals surface area contributed by atoms with Gasteiger partial charge in [0.2, 0.25) is 0 Å². The summed E-state index contributed by atoms with van der Waals surface area (Å²) in [7, 11) is 0. The molecule has 0 saturated heterocycles. The number of esters is 1. The monoisotopic (exact) mass is 464 g/mol. The first kappa shape index (κ1) is 24.4. The first-order chi connectivity index (χ1) is 15.7. The molecule has 0 aromatic carbocycles. The molecule has 0 N–H and O–H groups in total. The van der Waals surface area contributed by atoms with Gasteiger partial charge in [-0.3, -0.25) is 4.79 Å². The Morgan fingerprint density at radius 3 is 2.41 bits per heavy atom. The topological polar surface area (TPSA) is 26.3 Å². The Kier molecular flexibility index (Phi) is 5.28. The second kappa shape index (κ2) is 7.36. The van der Waals surface area contributed by atoms with Crippen molar-refractivity contribution in [2.75, 3.05) is 0 Å². The van der Waals surface area contributed by atoms with E-state index in [1.54, 1.807) is 18.1 Å². The maximum absolute atomic E-state index is 11.9. The van der Waals surface area contributed by atoms with Crippen LogP contribution in [0.25, 0.3) is 0 Å². The summed E-state index contributed by atoms with van der Waals surface area (Å²) in [5.74, 6) is 1.74. The molecule has 0 aromatic heterocycles. The molecule has 8 atom stereocenters. The van der Waals surface area contributed by atoms with Gasteiger partial charge in [-0.05, 0) is 90.8 Å². The van der Waals surface area contributed by atoms with Crippen molar-refractivity contribution in [3.05, 3.63) is 35.5 Å². The van der Waals surface area contributed by atoms with Gasteiger partial charge in [-0.25, -0.2) is 0 Å². The van der Waals surface area contributed by atoms with Crippen molar-refractivity contribution >= 4 is 5.97 Å². The lowest BCUT2D eigenvalue weighted by Crippen LogP contribution is -2.61. The van der Waals surface area contributed by atoms with E-state index in [-0.39, 0.29) is 33.7 Å². The van der Waals surface area contributed by atoms with E-state index in [1.165, 1.54) is 37.7 Å². The molecular formula is C32H48O2. The Hall–Kier alpha value is -1.31. The van der Waals surface area contributed by atoms with Crippen LogP contribution >= 0.6 is 0 Å². The Bertz CT molecular complexity index is 983. The van der Waals surface area contributed by atoms with E-state index in [2.05, 4.69) is 67.2 Å². The first-order valence-corrected chi connectivity index (χ1v) is 14.0. The van der Waals surface area contributed by atoms with Gasteiger partial charge < -0.3 is 4.74 Å². The summed E-state index contributed by atoms with van der Waals surface area (Å²) in [6, 6.07) is 0. The van der Waals surface area contributed by atoms with E-state index < -0.39 is 0 Å². The third-order valence-electron chi connectivity index (χ3n) is 12.5. The number of carbonyl (C=O) groups excluding carboxylic acids is 1. The lowest BCUT2D eigenvalue weighted by molar-refractivity contribution is -0.159. The molecule has 0 aromatic rings. The maximum atomic E-state index is 11.9. The fraction of sp³-hybridized carbons (Fsp3) is 0.781. The molecule has 3 fully saturated rings. The zero-order valence-electron chi connectivity index (χ0n) is 23.1. The maximum Gasteiger partial charge on any atom is 0.302 e. The zero-order chi connectivity index (χ0) is 24.9. The molecule has 5 aliphatic rings. The summed E-state index contributed by atoms with van der Waals surface area (Å²) in [5, 5.41) is 0. The summed E-state index contributed by atoms with van der Waals surface area (Å²) in [6.07, 6.45) is 14.9. The predicted octanol–water partition coefficient (Wildman–Crippen LogP) is 8.44. The van der Waals surface area contributed by atoms with Crippen LogP contribution in [0, 0.1) is 44.8 Å². The predicted molar refractivity (Wildman–Crippen MR) is 140 cm³/mol. The molecule has 0 spiro atoms. The number of hydrogen-bond donors (Lipinski definition) is 0. The summed E-state index contributed by atoms with van der Waals surface area (Å²) >= 11 is 0. The number of carbonyl (C=O) groups is 1. The second-order valence-electron chi connectivity index (χ2n) is 14.4. The molecule has 2 nitrogen and oxygen atoms in total. The van der Waals surface area contributed by atoms with Crippen molar-refractivity contribution in [3.8, 4) is 0 Å². The van der Waals surface area contributed by atoms with Gasteiger partial charge in [-0.2, -0.15) is 0 Å². The van der Waals surface area contributed by atoms with E-state index >= 15 is 0 Å². The third-order valence-corrected chi connectivity index (χ3v) is 12.5. The summed E-state index contributed by atoms with van der Waals surface area (Å²) in [5.41, 5.74) is 5.81. The standard InChI is InChI=1S/C32H48O2/c1-20-12-15-29(6)18-19-31(8)23(27(29)21(20)2)10-11-25-30(7)16-14-26(34-22(3)33)28(4,5)24(30)13-17-32(25,31)9/h10,13,21,25-27H,1,11-12,14-19H2,2-9H3. The van der Waals surface area contributed by atoms with Crippen LogP contribution in [-0.2, 0) is 9.53 Å². The molecule has 0 aliphatic heterocycles. The van der Waals surface area contributed by atoms with E-state index in [4.69, 9.17) is 4.74 Å². The summed E-state index contributed by atoms with van der Waals surface area (Å²) in [4.78, 5) is 11.9. The fourth-order valence-electron chi connectivity index (χ4n) is 10.2. The van der Waals surface area contributed by atoms with Crippen LogP contribution < -0.4 is 0 Å². The number of ether oxygens (including phenoxy) is 1. The number of rotatable bonds is 1. The Labute approximate surface area is 208 Å². The fourth-order valence-corrected chi connectivity index (χ4v) is 10.2. The molecular weight excluding hydrogens is 416 g/mol. The Morgan fingerprint density at radius 2 is 1.74 bits per heavy atom. The van der Waals surface area contributed by atoms with Crippen LogP contribution in [0.1, 0.15) is 107 Å². The number of hydrogen-bond acceptors (Lipinski definition) is 2. The van der Waals surface area contributed by atoms with E-state index in [0.717, 1.165) is 19.3 Å². The highest BCUT2D eigenvalue weighted by molar-refractivity contribution is 5.66. The van der Waals surface area contributed by atoms with E-state index in [9.17, 15) is 4.79 Å². The molecule has 0 heterocycles. The summed E-state index contributed by atoms with van der Waals surface area (Å²) in [6.45, 7) is 23.6. The SMILES string of the molecule is C=C1CCC2(C)CCC3(C)C(=CCC4C5(C)CCC(OC(C)=O)C(C)(C)C5=CCC43C)C2C1C. The van der Waals surface area contributed by atoms with Crippen LogP contribution in [-0.4, -0.2) is 12.1 Å². The van der Waals surface area contributed by atoms with Crippen LogP contribution in [0.2, 0.25) is 0 Å². The molecule has 5 rings (SSSR count). The smallest absolute Gasteiger partial charge is 0.302 e. The third kappa shape index (κ3) is 2.95. The molecule has 0 bridgehead atoms. The van der Waals surface area contributed by atoms with Crippen LogP contribution in [0.15, 0.2) is 35.5 Å². The van der Waals surface area contributed by atoms with Gasteiger partial charge in [-0.1, -0.05) is 83.9 Å². The van der Waals surface area contributed by atoms with Gasteiger partial charge in [0.15, 0.2) is 0 Å². The van der Waals surface area contributed by atoms with Crippen molar-refractivity contribution in [2.24, 2.45) is 44.8 Å². The molecule has 3 saturated carbocycles. The Morgan fingerprint density at radius 1 is 1.03 bits per heavy atom. The number of allylic oxidation sites excluding steroid dienone is 4. The van der Waals surface area contributed by atoms with Gasteiger partial charge in [-0.15, -0.1) is 0 Å². The van der Waals surface area contributed by atoms with Gasteiger partial charge in [0.05, 0.1) is 0 Å². The highest BCUT2D eigenvalue weighted by Gasteiger charge is 2.66. The van der Waals surface area contributed by atoms with Crippen LogP contribution in [0.5, 0.6) is 0 Å². The van der Waals surface area contributed by atoms with Gasteiger partial charge in [0, 0.05) is 12.3 Å². The first-order valence-electron chi connectivity index (χ1n) is 14.0. The minimum atomic E-state index is -0.144. The minimum Gasteiger partial charge on any atom is -0.462 e. The van der Waals surface area contributed by atoms with E-state index in [0.29, 0.717) is 23.2 Å². The minimum absolute atomic E-state index is 0.0107. The van der Waals surface area contributed by atoms with Gasteiger partial charge >= 0.3 is 5.97 Å². The molecule has 2 heteroatoms. The molecule has 188 valence electrons. The average Bonchev–Trinajstić information content (AvgIpc) is 2.74. The van der Waals surface area contributed by atoms with Crippen molar-refractivity contribution in [1.29, 1.82) is 0 Å². The molecule has 0 radical (unpaired) electrons. The lowest BCUT2D eigenvalue weighted by Gasteiger charge is -2.69. The number of fused-ring (bicyclic) bond motifs is 7. The largest absolute Gasteiger partial charge is 0.462 e. The van der Waals surface area contributed by atoms with E-state index in [1.807, 2.05) is 0 Å². The van der Waals surface area contributed by atoms with Crippen molar-refractivity contribution < 1.29 is 9.53 Å².